The Morgan fingerprint density at radius 1 is 1.09 bits per heavy atom. The van der Waals surface area contributed by atoms with Gasteiger partial charge < -0.3 is 0 Å². The van der Waals surface area contributed by atoms with E-state index in [4.69, 9.17) is 0 Å². The maximum absolute atomic E-state index is 12.5. The van der Waals surface area contributed by atoms with Crippen LogP contribution in [0.3, 0.4) is 0 Å². The normalized spacial score (nSPS) is 17.9. The molecule has 5 heteroatoms. The number of anilines is 2. The molecule has 0 aromatic heterocycles. The van der Waals surface area contributed by atoms with Crippen LogP contribution in [0.2, 0.25) is 0 Å². The van der Waals surface area contributed by atoms with Gasteiger partial charge in [-0.1, -0.05) is 36.4 Å². The fourth-order valence-electron chi connectivity index (χ4n) is 2.20. The van der Waals surface area contributed by atoms with Crippen molar-refractivity contribution in [1.29, 1.82) is 0 Å². The van der Waals surface area contributed by atoms with Crippen molar-refractivity contribution in [2.45, 2.75) is 6.92 Å². The molecule has 0 saturated heterocycles. The van der Waals surface area contributed by atoms with Crippen molar-refractivity contribution in [3.8, 4) is 0 Å². The van der Waals surface area contributed by atoms with Crippen molar-refractivity contribution in [2.75, 3.05) is 10.4 Å². The van der Waals surface area contributed by atoms with Crippen LogP contribution < -0.4 is 10.4 Å². The number of amides is 1. The summed E-state index contributed by atoms with van der Waals surface area (Å²) in [7, 11) is 0. The standard InChI is InChI=1S/C17H16N4O/c1-13-16(12-18-19-14-8-4-2-5-9-14)17(22)21(20-13)15-10-6-3-7-11-15/h2-12,16,19H,1H3/b18-12-/t16-/m0/s1. The molecule has 1 heterocycles. The lowest BCUT2D eigenvalue weighted by atomic mass is 10.1. The fraction of sp³-hybridized carbons (Fsp3) is 0.118. The molecule has 2 aromatic carbocycles. The molecule has 110 valence electrons. The van der Waals surface area contributed by atoms with Gasteiger partial charge >= 0.3 is 0 Å². The van der Waals surface area contributed by atoms with Gasteiger partial charge in [0.25, 0.3) is 5.91 Å². The highest BCUT2D eigenvalue weighted by Gasteiger charge is 2.33. The Hall–Kier alpha value is -2.95. The van der Waals surface area contributed by atoms with Gasteiger partial charge in [-0.2, -0.15) is 15.2 Å². The number of carbonyl (C=O) groups excluding carboxylic acids is 1. The summed E-state index contributed by atoms with van der Waals surface area (Å²) in [5.74, 6) is -0.529. The van der Waals surface area contributed by atoms with E-state index in [1.54, 1.807) is 6.21 Å². The van der Waals surface area contributed by atoms with Gasteiger partial charge in [0.1, 0.15) is 5.92 Å². The molecule has 5 nitrogen and oxygen atoms in total. The molecule has 1 N–H and O–H groups in total. The van der Waals surface area contributed by atoms with E-state index in [2.05, 4.69) is 15.6 Å². The zero-order chi connectivity index (χ0) is 15.4. The van der Waals surface area contributed by atoms with Gasteiger partial charge in [-0.05, 0) is 31.2 Å². The number of hydrazone groups is 2. The van der Waals surface area contributed by atoms with E-state index in [1.165, 1.54) is 5.01 Å². The number of hydrogen-bond acceptors (Lipinski definition) is 4. The van der Waals surface area contributed by atoms with Crippen LogP contribution in [0.5, 0.6) is 0 Å². The second kappa shape index (κ2) is 6.22. The van der Waals surface area contributed by atoms with Crippen molar-refractivity contribution < 1.29 is 4.79 Å². The number of para-hydroxylation sites is 2. The molecule has 3 rings (SSSR count). The summed E-state index contributed by atoms with van der Waals surface area (Å²) >= 11 is 0. The van der Waals surface area contributed by atoms with Crippen LogP contribution in [-0.4, -0.2) is 17.8 Å². The average molecular weight is 292 g/mol. The highest BCUT2D eigenvalue weighted by molar-refractivity contribution is 6.23. The average Bonchev–Trinajstić information content (AvgIpc) is 2.85. The summed E-state index contributed by atoms with van der Waals surface area (Å²) < 4.78 is 0. The minimum Gasteiger partial charge on any atom is -0.279 e. The van der Waals surface area contributed by atoms with Crippen LogP contribution in [0.15, 0.2) is 70.9 Å². The van der Waals surface area contributed by atoms with Gasteiger partial charge in [0.05, 0.1) is 17.1 Å². The van der Waals surface area contributed by atoms with Crippen molar-refractivity contribution in [3.05, 3.63) is 60.7 Å². The highest BCUT2D eigenvalue weighted by Crippen LogP contribution is 2.22. The van der Waals surface area contributed by atoms with Gasteiger partial charge in [0.15, 0.2) is 0 Å². The molecular weight excluding hydrogens is 276 g/mol. The van der Waals surface area contributed by atoms with Gasteiger partial charge in [-0.3, -0.25) is 10.2 Å². The first kappa shape index (κ1) is 14.0. The van der Waals surface area contributed by atoms with E-state index in [-0.39, 0.29) is 5.91 Å². The van der Waals surface area contributed by atoms with Crippen molar-refractivity contribution in [2.24, 2.45) is 16.1 Å². The van der Waals surface area contributed by atoms with Crippen molar-refractivity contribution in [1.82, 2.24) is 0 Å². The van der Waals surface area contributed by atoms with E-state index in [0.717, 1.165) is 17.1 Å². The van der Waals surface area contributed by atoms with Crippen LogP contribution in [0.4, 0.5) is 11.4 Å². The Morgan fingerprint density at radius 3 is 2.41 bits per heavy atom. The largest absolute Gasteiger partial charge is 0.279 e. The minimum absolute atomic E-state index is 0.0951. The maximum Gasteiger partial charge on any atom is 0.261 e. The lowest BCUT2D eigenvalue weighted by Crippen LogP contribution is -2.28. The zero-order valence-electron chi connectivity index (χ0n) is 12.2. The molecule has 1 amide bonds. The van der Waals surface area contributed by atoms with Gasteiger partial charge in [0.2, 0.25) is 0 Å². The van der Waals surface area contributed by atoms with Crippen LogP contribution in [-0.2, 0) is 4.79 Å². The molecule has 1 aliphatic rings. The summed E-state index contributed by atoms with van der Waals surface area (Å²) in [4.78, 5) is 12.5. The van der Waals surface area contributed by atoms with Gasteiger partial charge in [-0.25, -0.2) is 0 Å². The summed E-state index contributed by atoms with van der Waals surface area (Å²) in [6.45, 7) is 1.83. The summed E-state index contributed by atoms with van der Waals surface area (Å²) in [5, 5.41) is 9.90. The fourth-order valence-corrected chi connectivity index (χ4v) is 2.20. The molecule has 0 bridgehead atoms. The van der Waals surface area contributed by atoms with E-state index in [0.29, 0.717) is 0 Å². The molecule has 0 spiro atoms. The Balaban J connectivity index is 1.71. The first-order valence-corrected chi connectivity index (χ1v) is 7.04. The third-order valence-corrected chi connectivity index (χ3v) is 3.37. The maximum atomic E-state index is 12.5. The number of carbonyl (C=O) groups is 1. The predicted octanol–water partition coefficient (Wildman–Crippen LogP) is 3.12. The molecule has 2 aromatic rings. The Kier molecular flexibility index (Phi) is 3.96. The van der Waals surface area contributed by atoms with Crippen LogP contribution >= 0.6 is 0 Å². The number of benzene rings is 2. The molecule has 1 atom stereocenters. The summed E-state index contributed by atoms with van der Waals surface area (Å²) in [5.41, 5.74) is 5.28. The lowest BCUT2D eigenvalue weighted by Gasteiger charge is -2.12. The predicted molar refractivity (Wildman–Crippen MR) is 89.1 cm³/mol. The third-order valence-electron chi connectivity index (χ3n) is 3.37. The summed E-state index contributed by atoms with van der Waals surface area (Å²) in [6.07, 6.45) is 1.59. The first-order valence-electron chi connectivity index (χ1n) is 7.04. The van der Waals surface area contributed by atoms with Gasteiger partial charge in [-0.15, -0.1) is 0 Å². The Bertz CT molecular complexity index is 710. The molecular formula is C17H16N4O. The topological polar surface area (TPSA) is 57.1 Å². The molecule has 0 unspecified atom stereocenters. The van der Waals surface area contributed by atoms with E-state index < -0.39 is 5.92 Å². The molecule has 0 aliphatic carbocycles. The summed E-state index contributed by atoms with van der Waals surface area (Å²) in [6, 6.07) is 19.0. The monoisotopic (exact) mass is 292 g/mol. The van der Waals surface area contributed by atoms with E-state index in [1.807, 2.05) is 67.6 Å². The van der Waals surface area contributed by atoms with Crippen LogP contribution in [0.1, 0.15) is 6.92 Å². The Morgan fingerprint density at radius 2 is 1.73 bits per heavy atom. The van der Waals surface area contributed by atoms with Crippen LogP contribution in [0.25, 0.3) is 0 Å². The lowest BCUT2D eigenvalue weighted by molar-refractivity contribution is -0.118. The smallest absolute Gasteiger partial charge is 0.261 e. The zero-order valence-corrected chi connectivity index (χ0v) is 12.2. The Labute approximate surface area is 129 Å². The minimum atomic E-state index is -0.434. The van der Waals surface area contributed by atoms with Gasteiger partial charge in [0, 0.05) is 6.21 Å². The molecule has 0 fully saturated rings. The van der Waals surface area contributed by atoms with E-state index in [9.17, 15) is 4.79 Å². The highest BCUT2D eigenvalue weighted by atomic mass is 16.2. The first-order chi connectivity index (χ1) is 10.8. The molecule has 0 saturated carbocycles. The second-order valence-electron chi connectivity index (χ2n) is 4.96. The van der Waals surface area contributed by atoms with Crippen molar-refractivity contribution >= 4 is 29.2 Å². The second-order valence-corrected chi connectivity index (χ2v) is 4.96. The van der Waals surface area contributed by atoms with E-state index >= 15 is 0 Å². The number of nitrogens with one attached hydrogen (secondary N) is 1. The number of hydrogen-bond donors (Lipinski definition) is 1. The molecule has 1 aliphatic heterocycles. The number of rotatable bonds is 4. The van der Waals surface area contributed by atoms with Crippen LogP contribution in [0, 0.1) is 5.92 Å². The number of nitrogens with zero attached hydrogens (tertiary/aromatic N) is 3. The van der Waals surface area contributed by atoms with Crippen molar-refractivity contribution in [3.63, 3.8) is 0 Å². The quantitative estimate of drug-likeness (QED) is 0.695. The SMILES string of the molecule is CC1=NN(c2ccccc2)C(=O)[C@H]1/C=N\Nc1ccccc1. The third kappa shape index (κ3) is 2.88. The molecule has 22 heavy (non-hydrogen) atoms. The molecule has 0 radical (unpaired) electrons.